The topological polar surface area (TPSA) is 67.4 Å². The van der Waals surface area contributed by atoms with Gasteiger partial charge in [-0.05, 0) is 30.2 Å². The first-order valence-electron chi connectivity index (χ1n) is 5.84. The first-order valence-corrected chi connectivity index (χ1v) is 6.75. The number of rotatable bonds is 4. The monoisotopic (exact) mass is 328 g/mol. The fraction of sp³-hybridized carbons (Fsp3) is 0.385. The molecule has 0 aliphatic heterocycles. The predicted molar refractivity (Wildman–Crippen MR) is 78.7 cm³/mol. The number of carbonyl (C=O) groups is 2. The van der Waals surface area contributed by atoms with Crippen molar-refractivity contribution in [2.75, 3.05) is 17.7 Å². The number of nitrogens with one attached hydrogen (secondary N) is 2. The summed E-state index contributed by atoms with van der Waals surface area (Å²) in [5.41, 5.74) is 1.27. The molecule has 0 radical (unpaired) electrons. The molecule has 0 heterocycles. The molecule has 0 saturated heterocycles. The summed E-state index contributed by atoms with van der Waals surface area (Å²) in [6.45, 7) is 3.92. The lowest BCUT2D eigenvalue weighted by atomic mass is 10.1. The maximum Gasteiger partial charge on any atom is 0.411 e. The number of ether oxygens (including phenoxy) is 1. The Balaban J connectivity index is 2.62. The zero-order valence-corrected chi connectivity index (χ0v) is 12.7. The van der Waals surface area contributed by atoms with Crippen molar-refractivity contribution in [1.29, 1.82) is 0 Å². The van der Waals surface area contributed by atoms with Gasteiger partial charge in [0.25, 0.3) is 0 Å². The van der Waals surface area contributed by atoms with Crippen LogP contribution in [0.15, 0.2) is 24.3 Å². The number of halogens is 1. The molecule has 5 nitrogen and oxygen atoms in total. The van der Waals surface area contributed by atoms with E-state index in [9.17, 15) is 9.59 Å². The largest absolute Gasteiger partial charge is 0.453 e. The van der Waals surface area contributed by atoms with Gasteiger partial charge in [-0.2, -0.15) is 0 Å². The molecule has 0 aliphatic rings. The van der Waals surface area contributed by atoms with Crippen molar-refractivity contribution in [1.82, 2.24) is 0 Å². The minimum absolute atomic E-state index is 0.0938. The summed E-state index contributed by atoms with van der Waals surface area (Å²) < 4.78 is 4.48. The third-order valence-electron chi connectivity index (χ3n) is 2.42. The number of hydrogen-bond donors (Lipinski definition) is 2. The molecular weight excluding hydrogens is 312 g/mol. The van der Waals surface area contributed by atoms with E-state index in [1.54, 1.807) is 24.3 Å². The zero-order chi connectivity index (χ0) is 14.4. The third-order valence-corrected chi connectivity index (χ3v) is 3.89. The van der Waals surface area contributed by atoms with E-state index in [-0.39, 0.29) is 16.7 Å². The Morgan fingerprint density at radius 3 is 2.00 bits per heavy atom. The summed E-state index contributed by atoms with van der Waals surface area (Å²) in [4.78, 5) is 22.6. The molecular formula is C13H17BrN2O3. The first-order chi connectivity index (χ1) is 8.93. The van der Waals surface area contributed by atoms with Crippen molar-refractivity contribution in [3.8, 4) is 0 Å². The molecule has 0 saturated carbocycles. The fourth-order valence-corrected chi connectivity index (χ4v) is 1.43. The SMILES string of the molecule is COC(=O)Nc1ccc(NC(=O)C(Br)C(C)C)cc1. The molecule has 0 aromatic heterocycles. The zero-order valence-electron chi connectivity index (χ0n) is 11.1. The minimum atomic E-state index is -0.530. The fourth-order valence-electron chi connectivity index (χ4n) is 1.32. The maximum absolute atomic E-state index is 11.8. The van der Waals surface area contributed by atoms with Crippen LogP contribution in [0.3, 0.4) is 0 Å². The summed E-state index contributed by atoms with van der Waals surface area (Å²) in [6, 6.07) is 6.79. The predicted octanol–water partition coefficient (Wildman–Crippen LogP) is 3.22. The van der Waals surface area contributed by atoms with Crippen LogP contribution >= 0.6 is 15.9 Å². The Labute approximate surface area is 120 Å². The lowest BCUT2D eigenvalue weighted by molar-refractivity contribution is -0.116. The van der Waals surface area contributed by atoms with Gasteiger partial charge in [-0.15, -0.1) is 0 Å². The summed E-state index contributed by atoms with van der Waals surface area (Å²) >= 11 is 3.34. The van der Waals surface area contributed by atoms with Gasteiger partial charge >= 0.3 is 6.09 Å². The van der Waals surface area contributed by atoms with Gasteiger partial charge in [0.05, 0.1) is 11.9 Å². The summed E-state index contributed by atoms with van der Waals surface area (Å²) in [7, 11) is 1.30. The van der Waals surface area contributed by atoms with Gasteiger partial charge in [-0.1, -0.05) is 29.8 Å². The molecule has 1 rings (SSSR count). The smallest absolute Gasteiger partial charge is 0.411 e. The highest BCUT2D eigenvalue weighted by Gasteiger charge is 2.18. The van der Waals surface area contributed by atoms with E-state index >= 15 is 0 Å². The van der Waals surface area contributed by atoms with Crippen LogP contribution in [0.1, 0.15) is 13.8 Å². The molecule has 1 aromatic rings. The first kappa shape index (κ1) is 15.5. The van der Waals surface area contributed by atoms with Gasteiger partial charge in [-0.3, -0.25) is 10.1 Å². The van der Waals surface area contributed by atoms with Gasteiger partial charge in [-0.25, -0.2) is 4.79 Å². The molecule has 1 atom stereocenters. The Bertz CT molecular complexity index is 446. The third kappa shape index (κ3) is 4.90. The van der Waals surface area contributed by atoms with Crippen LogP contribution in [-0.2, 0) is 9.53 Å². The summed E-state index contributed by atoms with van der Waals surface area (Å²) in [5.74, 6) is 0.115. The second kappa shape index (κ2) is 7.13. The van der Waals surface area contributed by atoms with Crippen molar-refractivity contribution >= 4 is 39.3 Å². The molecule has 2 amide bonds. The van der Waals surface area contributed by atoms with E-state index < -0.39 is 6.09 Å². The van der Waals surface area contributed by atoms with Gasteiger partial charge in [0, 0.05) is 11.4 Å². The van der Waals surface area contributed by atoms with E-state index in [4.69, 9.17) is 0 Å². The normalized spacial score (nSPS) is 11.8. The van der Waals surface area contributed by atoms with Crippen molar-refractivity contribution in [2.24, 2.45) is 5.92 Å². The van der Waals surface area contributed by atoms with Crippen LogP contribution in [0.4, 0.5) is 16.2 Å². The van der Waals surface area contributed by atoms with Crippen LogP contribution in [0.2, 0.25) is 0 Å². The van der Waals surface area contributed by atoms with Crippen molar-refractivity contribution < 1.29 is 14.3 Å². The van der Waals surface area contributed by atoms with Gasteiger partial charge in [0.1, 0.15) is 0 Å². The number of benzene rings is 1. The average Bonchev–Trinajstić information content (AvgIpc) is 2.39. The van der Waals surface area contributed by atoms with E-state index in [0.717, 1.165) is 0 Å². The van der Waals surface area contributed by atoms with E-state index in [2.05, 4.69) is 31.3 Å². The van der Waals surface area contributed by atoms with Crippen LogP contribution in [0.25, 0.3) is 0 Å². The molecule has 0 fully saturated rings. The minimum Gasteiger partial charge on any atom is -0.453 e. The highest BCUT2D eigenvalue weighted by molar-refractivity contribution is 9.10. The lowest BCUT2D eigenvalue weighted by Gasteiger charge is -2.14. The molecule has 2 N–H and O–H groups in total. The van der Waals surface area contributed by atoms with Crippen LogP contribution in [0, 0.1) is 5.92 Å². The van der Waals surface area contributed by atoms with E-state index in [1.165, 1.54) is 7.11 Å². The number of carbonyl (C=O) groups excluding carboxylic acids is 2. The van der Waals surface area contributed by atoms with Crippen molar-refractivity contribution in [3.63, 3.8) is 0 Å². The second-order valence-corrected chi connectivity index (χ2v) is 5.32. The molecule has 19 heavy (non-hydrogen) atoms. The standard InChI is InChI=1S/C13H17BrN2O3/c1-8(2)11(14)12(17)15-9-4-6-10(7-5-9)16-13(18)19-3/h4-8,11H,1-3H3,(H,15,17)(H,16,18). The number of amides is 2. The van der Waals surface area contributed by atoms with Crippen LogP contribution in [-0.4, -0.2) is 23.9 Å². The molecule has 1 aromatic carbocycles. The second-order valence-electron chi connectivity index (χ2n) is 4.33. The Hall–Kier alpha value is -1.56. The quantitative estimate of drug-likeness (QED) is 0.834. The highest BCUT2D eigenvalue weighted by atomic mass is 79.9. The molecule has 6 heteroatoms. The number of anilines is 2. The van der Waals surface area contributed by atoms with Crippen LogP contribution in [0.5, 0.6) is 0 Å². The molecule has 0 aliphatic carbocycles. The van der Waals surface area contributed by atoms with Crippen LogP contribution < -0.4 is 10.6 Å². The molecule has 0 bridgehead atoms. The lowest BCUT2D eigenvalue weighted by Crippen LogP contribution is -2.26. The number of alkyl halides is 1. The molecule has 0 spiro atoms. The Morgan fingerprint density at radius 2 is 1.58 bits per heavy atom. The van der Waals surface area contributed by atoms with E-state index in [1.807, 2.05) is 13.8 Å². The maximum atomic E-state index is 11.8. The van der Waals surface area contributed by atoms with Gasteiger partial charge < -0.3 is 10.1 Å². The van der Waals surface area contributed by atoms with E-state index in [0.29, 0.717) is 11.4 Å². The van der Waals surface area contributed by atoms with Crippen molar-refractivity contribution in [3.05, 3.63) is 24.3 Å². The molecule has 104 valence electrons. The average molecular weight is 329 g/mol. The highest BCUT2D eigenvalue weighted by Crippen LogP contribution is 2.17. The Kier molecular flexibility index (Phi) is 5.82. The number of methoxy groups -OCH3 is 1. The van der Waals surface area contributed by atoms with Gasteiger partial charge in [0.15, 0.2) is 0 Å². The Morgan fingerprint density at radius 1 is 1.11 bits per heavy atom. The van der Waals surface area contributed by atoms with Gasteiger partial charge in [0.2, 0.25) is 5.91 Å². The summed E-state index contributed by atoms with van der Waals surface area (Å²) in [6.07, 6.45) is -0.530. The molecule has 1 unspecified atom stereocenters. The summed E-state index contributed by atoms with van der Waals surface area (Å²) in [5, 5.41) is 5.32. The van der Waals surface area contributed by atoms with Crippen molar-refractivity contribution in [2.45, 2.75) is 18.7 Å². The number of hydrogen-bond acceptors (Lipinski definition) is 3.